The Morgan fingerprint density at radius 1 is 1.05 bits per heavy atom. The minimum Gasteiger partial charge on any atom is -0.508 e. The van der Waals surface area contributed by atoms with E-state index in [4.69, 9.17) is 16.1 Å². The summed E-state index contributed by atoms with van der Waals surface area (Å²) in [6.45, 7) is 0. The molecule has 0 fully saturated rings. The van der Waals surface area contributed by atoms with Crippen LogP contribution in [0.4, 0.5) is 0 Å². The third-order valence-electron chi connectivity index (χ3n) is 2.72. The fraction of sp³-hybridized carbons (Fsp3) is 0. The maximum atomic E-state index is 9.26. The molecule has 0 aliphatic heterocycles. The molecule has 3 rings (SSSR count). The lowest BCUT2D eigenvalue weighted by Gasteiger charge is -1.97. The van der Waals surface area contributed by atoms with Gasteiger partial charge in [-0.15, -0.1) is 0 Å². The molecule has 0 amide bonds. The zero-order valence-electron chi connectivity index (χ0n) is 10.0. The summed E-state index contributed by atoms with van der Waals surface area (Å²) in [5.41, 5.74) is 1.51. The standard InChI is InChI=1S/C14H8BrClN2O2/c15-11-6-3-9(7-12(11)16)14-17-13(18-20-14)8-1-4-10(19)5-2-8/h1-7,19H. The van der Waals surface area contributed by atoms with Crippen LogP contribution in [0.3, 0.4) is 0 Å². The minimum absolute atomic E-state index is 0.192. The number of benzene rings is 2. The number of nitrogens with zero attached hydrogens (tertiary/aromatic N) is 2. The van der Waals surface area contributed by atoms with E-state index in [0.717, 1.165) is 15.6 Å². The molecule has 0 aliphatic carbocycles. The van der Waals surface area contributed by atoms with Crippen molar-refractivity contribution in [3.8, 4) is 28.6 Å². The van der Waals surface area contributed by atoms with E-state index in [1.54, 1.807) is 30.3 Å². The summed E-state index contributed by atoms with van der Waals surface area (Å²) in [5, 5.41) is 13.8. The lowest BCUT2D eigenvalue weighted by Crippen LogP contribution is -1.81. The molecule has 0 unspecified atom stereocenters. The normalized spacial score (nSPS) is 10.7. The third kappa shape index (κ3) is 2.55. The van der Waals surface area contributed by atoms with E-state index in [9.17, 15) is 5.11 Å². The van der Waals surface area contributed by atoms with E-state index < -0.39 is 0 Å². The van der Waals surface area contributed by atoms with Crippen molar-refractivity contribution in [2.45, 2.75) is 0 Å². The van der Waals surface area contributed by atoms with Crippen molar-refractivity contribution in [2.75, 3.05) is 0 Å². The summed E-state index contributed by atoms with van der Waals surface area (Å²) in [7, 11) is 0. The second-order valence-corrected chi connectivity index (χ2v) is 5.36. The molecule has 6 heteroatoms. The summed E-state index contributed by atoms with van der Waals surface area (Å²) in [6, 6.07) is 12.0. The summed E-state index contributed by atoms with van der Waals surface area (Å²) in [5.74, 6) is 1.04. The average molecular weight is 352 g/mol. The predicted octanol–water partition coefficient (Wildman–Crippen LogP) is 4.53. The van der Waals surface area contributed by atoms with Crippen molar-refractivity contribution >= 4 is 27.5 Å². The van der Waals surface area contributed by atoms with Gasteiger partial charge in [0.1, 0.15) is 5.75 Å². The van der Waals surface area contributed by atoms with E-state index in [-0.39, 0.29) is 5.75 Å². The van der Waals surface area contributed by atoms with Crippen LogP contribution < -0.4 is 0 Å². The van der Waals surface area contributed by atoms with Crippen molar-refractivity contribution < 1.29 is 9.63 Å². The lowest BCUT2D eigenvalue weighted by atomic mass is 10.2. The summed E-state index contributed by atoms with van der Waals surface area (Å²) >= 11 is 9.37. The Labute approximate surface area is 128 Å². The molecule has 0 radical (unpaired) electrons. The van der Waals surface area contributed by atoms with Crippen molar-refractivity contribution in [3.05, 3.63) is 52.0 Å². The van der Waals surface area contributed by atoms with Crippen LogP contribution in [0.25, 0.3) is 22.8 Å². The van der Waals surface area contributed by atoms with Gasteiger partial charge in [0.05, 0.1) is 5.02 Å². The fourth-order valence-electron chi connectivity index (χ4n) is 1.70. The van der Waals surface area contributed by atoms with Crippen LogP contribution in [0, 0.1) is 0 Å². The first kappa shape index (κ1) is 13.1. The monoisotopic (exact) mass is 350 g/mol. The van der Waals surface area contributed by atoms with Gasteiger partial charge in [-0.05, 0) is 58.4 Å². The van der Waals surface area contributed by atoms with Crippen molar-refractivity contribution in [1.82, 2.24) is 10.1 Å². The Kier molecular flexibility index (Phi) is 3.46. The van der Waals surface area contributed by atoms with E-state index in [2.05, 4.69) is 26.1 Å². The van der Waals surface area contributed by atoms with Gasteiger partial charge in [0, 0.05) is 15.6 Å². The molecular weight excluding hydrogens is 344 g/mol. The Morgan fingerprint density at radius 3 is 2.45 bits per heavy atom. The highest BCUT2D eigenvalue weighted by molar-refractivity contribution is 9.10. The molecule has 0 saturated heterocycles. The molecule has 0 atom stereocenters. The highest BCUT2D eigenvalue weighted by Gasteiger charge is 2.11. The zero-order chi connectivity index (χ0) is 14.1. The molecule has 0 saturated carbocycles. The lowest BCUT2D eigenvalue weighted by molar-refractivity contribution is 0.432. The number of aromatic hydroxyl groups is 1. The van der Waals surface area contributed by atoms with Crippen LogP contribution >= 0.6 is 27.5 Å². The molecule has 3 aromatic rings. The summed E-state index contributed by atoms with van der Waals surface area (Å²) in [4.78, 5) is 4.32. The molecule has 1 aromatic heterocycles. The van der Waals surface area contributed by atoms with Gasteiger partial charge < -0.3 is 9.63 Å². The van der Waals surface area contributed by atoms with Gasteiger partial charge in [0.15, 0.2) is 0 Å². The van der Waals surface area contributed by atoms with Gasteiger partial charge in [0.25, 0.3) is 5.89 Å². The number of phenolic OH excluding ortho intramolecular Hbond substituents is 1. The van der Waals surface area contributed by atoms with Gasteiger partial charge in [-0.1, -0.05) is 16.8 Å². The number of aromatic nitrogens is 2. The van der Waals surface area contributed by atoms with E-state index >= 15 is 0 Å². The Bertz CT molecular complexity index is 756. The van der Waals surface area contributed by atoms with Crippen LogP contribution in [0.1, 0.15) is 0 Å². The number of hydrogen-bond acceptors (Lipinski definition) is 4. The second kappa shape index (κ2) is 5.26. The van der Waals surface area contributed by atoms with Crippen LogP contribution in [0.2, 0.25) is 5.02 Å². The molecule has 0 spiro atoms. The van der Waals surface area contributed by atoms with Gasteiger partial charge in [-0.25, -0.2) is 0 Å². The Morgan fingerprint density at radius 2 is 1.75 bits per heavy atom. The quantitative estimate of drug-likeness (QED) is 0.737. The SMILES string of the molecule is Oc1ccc(-c2noc(-c3ccc(Br)c(Cl)c3)n2)cc1. The smallest absolute Gasteiger partial charge is 0.258 e. The third-order valence-corrected chi connectivity index (χ3v) is 3.95. The second-order valence-electron chi connectivity index (χ2n) is 4.10. The first-order chi connectivity index (χ1) is 9.63. The summed E-state index contributed by atoms with van der Waals surface area (Å²) < 4.78 is 6.04. The van der Waals surface area contributed by atoms with Crippen LogP contribution in [0.5, 0.6) is 5.75 Å². The van der Waals surface area contributed by atoms with Crippen LogP contribution in [0.15, 0.2) is 51.5 Å². The fourth-order valence-corrected chi connectivity index (χ4v) is 2.12. The molecule has 1 N–H and O–H groups in total. The molecule has 4 nitrogen and oxygen atoms in total. The van der Waals surface area contributed by atoms with Gasteiger partial charge in [-0.3, -0.25) is 0 Å². The molecule has 0 bridgehead atoms. The maximum Gasteiger partial charge on any atom is 0.258 e. The summed E-state index contributed by atoms with van der Waals surface area (Å²) in [6.07, 6.45) is 0. The molecule has 2 aromatic carbocycles. The molecule has 20 heavy (non-hydrogen) atoms. The van der Waals surface area contributed by atoms with Crippen molar-refractivity contribution in [3.63, 3.8) is 0 Å². The first-order valence-corrected chi connectivity index (χ1v) is 6.89. The Hall–Kier alpha value is -1.85. The topological polar surface area (TPSA) is 59.2 Å². The maximum absolute atomic E-state index is 9.26. The predicted molar refractivity (Wildman–Crippen MR) is 79.5 cm³/mol. The molecular formula is C14H8BrClN2O2. The Balaban J connectivity index is 1.97. The first-order valence-electron chi connectivity index (χ1n) is 5.72. The zero-order valence-corrected chi connectivity index (χ0v) is 12.4. The van der Waals surface area contributed by atoms with Gasteiger partial charge in [-0.2, -0.15) is 4.98 Å². The van der Waals surface area contributed by atoms with Gasteiger partial charge in [0.2, 0.25) is 5.82 Å². The molecule has 1 heterocycles. The number of halogens is 2. The van der Waals surface area contributed by atoms with Crippen molar-refractivity contribution in [1.29, 1.82) is 0 Å². The van der Waals surface area contributed by atoms with E-state index in [1.165, 1.54) is 0 Å². The average Bonchev–Trinajstić information content (AvgIpc) is 2.92. The van der Waals surface area contributed by atoms with Crippen LogP contribution in [-0.2, 0) is 0 Å². The van der Waals surface area contributed by atoms with Crippen molar-refractivity contribution in [2.24, 2.45) is 0 Å². The molecule has 100 valence electrons. The van der Waals surface area contributed by atoms with E-state index in [1.807, 2.05) is 12.1 Å². The number of hydrogen-bond donors (Lipinski definition) is 1. The highest BCUT2D eigenvalue weighted by atomic mass is 79.9. The largest absolute Gasteiger partial charge is 0.508 e. The van der Waals surface area contributed by atoms with Gasteiger partial charge >= 0.3 is 0 Å². The highest BCUT2D eigenvalue weighted by Crippen LogP contribution is 2.29. The number of phenols is 1. The molecule has 0 aliphatic rings. The van der Waals surface area contributed by atoms with E-state index in [0.29, 0.717) is 16.7 Å². The number of rotatable bonds is 2. The van der Waals surface area contributed by atoms with Crippen LogP contribution in [-0.4, -0.2) is 15.2 Å². The minimum atomic E-state index is 0.192.